The highest BCUT2D eigenvalue weighted by atomic mass is 32.1. The predicted octanol–water partition coefficient (Wildman–Crippen LogP) is 2.33. The van der Waals surface area contributed by atoms with Crippen molar-refractivity contribution in [3.05, 3.63) is 22.4 Å². The molecule has 0 spiro atoms. The first kappa shape index (κ1) is 14.8. The third-order valence-corrected chi connectivity index (χ3v) is 4.60. The van der Waals surface area contributed by atoms with Gasteiger partial charge in [-0.15, -0.1) is 0 Å². The number of piperidine rings is 1. The van der Waals surface area contributed by atoms with Crippen LogP contribution in [-0.4, -0.2) is 40.6 Å². The lowest BCUT2D eigenvalue weighted by atomic mass is 9.89. The molecule has 1 aliphatic rings. The minimum absolute atomic E-state index is 0.273. The maximum atomic E-state index is 12.2. The normalized spacial score (nSPS) is 22.6. The minimum Gasteiger partial charge on any atom is -0.480 e. The first-order valence-electron chi connectivity index (χ1n) is 6.84. The Hall–Kier alpha value is -1.56. The smallest absolute Gasteiger partial charge is 0.329 e. The van der Waals surface area contributed by atoms with Gasteiger partial charge in [0.2, 0.25) is 0 Å². The largest absolute Gasteiger partial charge is 0.480 e. The third-order valence-electron chi connectivity index (χ3n) is 3.87. The van der Waals surface area contributed by atoms with Crippen molar-refractivity contribution in [1.82, 2.24) is 10.2 Å². The molecule has 6 heteroatoms. The van der Waals surface area contributed by atoms with Gasteiger partial charge >= 0.3 is 12.0 Å². The molecule has 0 radical (unpaired) electrons. The number of thiophene rings is 1. The van der Waals surface area contributed by atoms with Gasteiger partial charge in [0.05, 0.1) is 0 Å². The van der Waals surface area contributed by atoms with Gasteiger partial charge in [-0.05, 0) is 55.0 Å². The van der Waals surface area contributed by atoms with Crippen molar-refractivity contribution in [2.75, 3.05) is 13.1 Å². The molecule has 0 aromatic carbocycles. The molecule has 20 heavy (non-hydrogen) atoms. The SMILES string of the molecule is CC1(C(=O)O)CCCCN1C(=O)NCCc1ccsc1. The summed E-state index contributed by atoms with van der Waals surface area (Å²) in [6, 6.07) is 1.75. The van der Waals surface area contributed by atoms with Crippen LogP contribution in [0.3, 0.4) is 0 Å². The van der Waals surface area contributed by atoms with Crippen LogP contribution in [0.15, 0.2) is 16.8 Å². The van der Waals surface area contributed by atoms with Crippen LogP contribution in [0.4, 0.5) is 4.79 Å². The van der Waals surface area contributed by atoms with E-state index in [4.69, 9.17) is 0 Å². The maximum Gasteiger partial charge on any atom is 0.329 e. The first-order valence-corrected chi connectivity index (χ1v) is 7.78. The van der Waals surface area contributed by atoms with E-state index in [1.807, 2.05) is 11.4 Å². The van der Waals surface area contributed by atoms with Gasteiger partial charge in [-0.2, -0.15) is 11.3 Å². The summed E-state index contributed by atoms with van der Waals surface area (Å²) in [5.74, 6) is -0.926. The molecule has 0 aliphatic carbocycles. The van der Waals surface area contributed by atoms with Gasteiger partial charge in [-0.1, -0.05) is 0 Å². The molecule has 0 saturated carbocycles. The lowest BCUT2D eigenvalue weighted by Crippen LogP contribution is -2.60. The van der Waals surface area contributed by atoms with Gasteiger partial charge in [0.1, 0.15) is 5.54 Å². The molecule has 0 bridgehead atoms. The van der Waals surface area contributed by atoms with Crippen LogP contribution in [0.2, 0.25) is 0 Å². The second kappa shape index (κ2) is 6.26. The number of rotatable bonds is 4. The van der Waals surface area contributed by atoms with E-state index in [1.54, 1.807) is 18.3 Å². The quantitative estimate of drug-likeness (QED) is 0.896. The van der Waals surface area contributed by atoms with E-state index >= 15 is 0 Å². The van der Waals surface area contributed by atoms with E-state index in [1.165, 1.54) is 10.5 Å². The van der Waals surface area contributed by atoms with E-state index in [0.717, 1.165) is 19.3 Å². The van der Waals surface area contributed by atoms with Gasteiger partial charge in [-0.3, -0.25) is 0 Å². The number of hydrogen-bond donors (Lipinski definition) is 2. The van der Waals surface area contributed by atoms with Crippen LogP contribution in [0.1, 0.15) is 31.7 Å². The predicted molar refractivity (Wildman–Crippen MR) is 78.0 cm³/mol. The molecular weight excluding hydrogens is 276 g/mol. The lowest BCUT2D eigenvalue weighted by Gasteiger charge is -2.41. The number of urea groups is 1. The van der Waals surface area contributed by atoms with E-state index in [0.29, 0.717) is 19.5 Å². The second-order valence-electron chi connectivity index (χ2n) is 5.30. The molecule has 2 heterocycles. The molecule has 110 valence electrons. The van der Waals surface area contributed by atoms with Crippen molar-refractivity contribution in [3.8, 4) is 0 Å². The van der Waals surface area contributed by atoms with E-state index in [-0.39, 0.29) is 6.03 Å². The Bertz CT molecular complexity index is 475. The number of carboxylic acids is 1. The molecule has 1 atom stereocenters. The second-order valence-corrected chi connectivity index (χ2v) is 6.08. The van der Waals surface area contributed by atoms with Gasteiger partial charge in [-0.25, -0.2) is 9.59 Å². The number of aliphatic carboxylic acids is 1. The first-order chi connectivity index (χ1) is 9.54. The molecule has 2 N–H and O–H groups in total. The molecule has 5 nitrogen and oxygen atoms in total. The van der Waals surface area contributed by atoms with Crippen LogP contribution < -0.4 is 5.32 Å². The summed E-state index contributed by atoms with van der Waals surface area (Å²) < 4.78 is 0. The summed E-state index contributed by atoms with van der Waals surface area (Å²) in [5, 5.41) is 16.3. The zero-order chi connectivity index (χ0) is 14.6. The molecule has 1 saturated heterocycles. The average Bonchev–Trinajstić information content (AvgIpc) is 2.92. The summed E-state index contributed by atoms with van der Waals surface area (Å²) in [4.78, 5) is 25.1. The Morgan fingerprint density at radius 1 is 1.50 bits per heavy atom. The fourth-order valence-corrected chi connectivity index (χ4v) is 3.22. The zero-order valence-corrected chi connectivity index (χ0v) is 12.4. The fraction of sp³-hybridized carbons (Fsp3) is 0.571. The van der Waals surface area contributed by atoms with Gasteiger partial charge in [0, 0.05) is 13.1 Å². The van der Waals surface area contributed by atoms with Crippen LogP contribution in [-0.2, 0) is 11.2 Å². The van der Waals surface area contributed by atoms with Crippen LogP contribution in [0.5, 0.6) is 0 Å². The van der Waals surface area contributed by atoms with Gasteiger partial charge in [0.25, 0.3) is 0 Å². The highest BCUT2D eigenvalue weighted by Crippen LogP contribution is 2.28. The minimum atomic E-state index is -1.08. The maximum absolute atomic E-state index is 12.2. The van der Waals surface area contributed by atoms with Crippen molar-refractivity contribution < 1.29 is 14.7 Å². The Kier molecular flexibility index (Phi) is 4.65. The van der Waals surface area contributed by atoms with Gasteiger partial charge in [0.15, 0.2) is 0 Å². The monoisotopic (exact) mass is 296 g/mol. The van der Waals surface area contributed by atoms with Gasteiger partial charge < -0.3 is 15.3 Å². The van der Waals surface area contributed by atoms with Crippen LogP contribution in [0.25, 0.3) is 0 Å². The molecule has 2 amide bonds. The van der Waals surface area contributed by atoms with Crippen molar-refractivity contribution in [2.24, 2.45) is 0 Å². The molecule has 1 fully saturated rings. The summed E-state index contributed by atoms with van der Waals surface area (Å²) >= 11 is 1.63. The molecule has 1 unspecified atom stereocenters. The fourth-order valence-electron chi connectivity index (χ4n) is 2.51. The summed E-state index contributed by atoms with van der Waals surface area (Å²) in [6.07, 6.45) is 3.00. The summed E-state index contributed by atoms with van der Waals surface area (Å²) in [6.45, 7) is 2.67. The van der Waals surface area contributed by atoms with E-state index in [2.05, 4.69) is 10.7 Å². The molecule has 1 aromatic heterocycles. The number of carbonyl (C=O) groups is 2. The topological polar surface area (TPSA) is 69.6 Å². The number of nitrogens with zero attached hydrogens (tertiary/aromatic N) is 1. The zero-order valence-electron chi connectivity index (χ0n) is 11.6. The van der Waals surface area contributed by atoms with Crippen LogP contribution in [0, 0.1) is 0 Å². The standard InChI is InChI=1S/C14H20N2O3S/c1-14(12(17)18)6-2-3-8-16(14)13(19)15-7-4-11-5-9-20-10-11/h5,9-10H,2-4,6-8H2,1H3,(H,15,19)(H,17,18). The number of hydrogen-bond acceptors (Lipinski definition) is 3. The number of amides is 2. The highest BCUT2D eigenvalue weighted by molar-refractivity contribution is 7.07. The molecule has 1 aromatic rings. The Morgan fingerprint density at radius 2 is 2.30 bits per heavy atom. The Balaban J connectivity index is 1.91. The van der Waals surface area contributed by atoms with E-state index in [9.17, 15) is 14.7 Å². The molecular formula is C14H20N2O3S. The molecule has 1 aliphatic heterocycles. The van der Waals surface area contributed by atoms with Crippen molar-refractivity contribution in [2.45, 2.75) is 38.1 Å². The number of carboxylic acid groups (broad SMARTS) is 1. The van der Waals surface area contributed by atoms with Crippen molar-refractivity contribution >= 4 is 23.3 Å². The van der Waals surface area contributed by atoms with Crippen molar-refractivity contribution in [3.63, 3.8) is 0 Å². The lowest BCUT2D eigenvalue weighted by molar-refractivity contribution is -0.150. The van der Waals surface area contributed by atoms with Crippen LogP contribution >= 0.6 is 11.3 Å². The number of nitrogens with one attached hydrogen (secondary N) is 1. The highest BCUT2D eigenvalue weighted by Gasteiger charge is 2.43. The number of likely N-dealkylation sites (tertiary alicyclic amines) is 1. The summed E-state index contributed by atoms with van der Waals surface area (Å²) in [5.41, 5.74) is 0.111. The molecule has 2 rings (SSSR count). The average molecular weight is 296 g/mol. The number of carbonyl (C=O) groups excluding carboxylic acids is 1. The van der Waals surface area contributed by atoms with E-state index < -0.39 is 11.5 Å². The Morgan fingerprint density at radius 3 is 2.95 bits per heavy atom. The third kappa shape index (κ3) is 3.12. The summed E-state index contributed by atoms with van der Waals surface area (Å²) in [7, 11) is 0. The Labute approximate surface area is 122 Å². The van der Waals surface area contributed by atoms with Crippen molar-refractivity contribution in [1.29, 1.82) is 0 Å².